The van der Waals surface area contributed by atoms with Gasteiger partial charge in [0.1, 0.15) is 0 Å². The summed E-state index contributed by atoms with van der Waals surface area (Å²) in [4.78, 5) is 0. The molecule has 118 valence electrons. The molecule has 4 rings (SSSR count). The van der Waals surface area contributed by atoms with Gasteiger partial charge in [-0.15, -0.1) is 0 Å². The van der Waals surface area contributed by atoms with Crippen molar-refractivity contribution in [2.24, 2.45) is 5.92 Å². The molecule has 1 aromatic heterocycles. The summed E-state index contributed by atoms with van der Waals surface area (Å²) in [6.07, 6.45) is 4.88. The summed E-state index contributed by atoms with van der Waals surface area (Å²) in [7, 11) is 0. The van der Waals surface area contributed by atoms with Gasteiger partial charge in [-0.1, -0.05) is 19.1 Å². The molecule has 0 amide bonds. The number of rotatable bonds is 1. The zero-order valence-corrected chi connectivity index (χ0v) is 12.7. The van der Waals surface area contributed by atoms with Crippen molar-refractivity contribution < 1.29 is 18.3 Å². The number of aromatic hydroxyl groups is 1. The van der Waals surface area contributed by atoms with E-state index in [4.69, 9.17) is 4.42 Å². The molecule has 2 nitrogen and oxygen atoms in total. The first kappa shape index (κ1) is 14.2. The zero-order chi connectivity index (χ0) is 16.1. The largest absolute Gasteiger partial charge is 0.505 e. The Morgan fingerprint density at radius 1 is 1.04 bits per heavy atom. The van der Waals surface area contributed by atoms with Crippen molar-refractivity contribution in [3.8, 4) is 5.75 Å². The van der Waals surface area contributed by atoms with Crippen LogP contribution in [0, 0.1) is 17.6 Å². The van der Waals surface area contributed by atoms with Crippen LogP contribution in [0.15, 0.2) is 34.8 Å². The number of halogens is 2. The molecule has 0 radical (unpaired) electrons. The highest BCUT2D eigenvalue weighted by molar-refractivity contribution is 6.06. The van der Waals surface area contributed by atoms with E-state index in [2.05, 4.69) is 13.0 Å². The predicted octanol–water partition coefficient (Wildman–Crippen LogP) is 5.77. The van der Waals surface area contributed by atoms with Gasteiger partial charge in [0.2, 0.25) is 5.82 Å². The molecule has 0 bridgehead atoms. The molecular formula is C19H16F2O2. The van der Waals surface area contributed by atoms with Crippen LogP contribution >= 0.6 is 0 Å². The SMILES string of the molecule is CC1CC=C(c2ccc3c(oc4c(F)c(O)ccc43)c2F)CC1. The fraction of sp³-hybridized carbons (Fsp3) is 0.263. The van der Waals surface area contributed by atoms with Crippen molar-refractivity contribution in [2.45, 2.75) is 26.2 Å². The molecule has 23 heavy (non-hydrogen) atoms. The fourth-order valence-electron chi connectivity index (χ4n) is 3.29. The monoisotopic (exact) mass is 314 g/mol. The average Bonchev–Trinajstić information content (AvgIpc) is 2.93. The third kappa shape index (κ3) is 2.12. The van der Waals surface area contributed by atoms with E-state index in [1.165, 1.54) is 6.07 Å². The molecule has 0 aliphatic heterocycles. The summed E-state index contributed by atoms with van der Waals surface area (Å²) in [6, 6.07) is 6.29. The minimum Gasteiger partial charge on any atom is -0.505 e. The van der Waals surface area contributed by atoms with Crippen LogP contribution < -0.4 is 0 Å². The van der Waals surface area contributed by atoms with E-state index in [1.807, 2.05) is 0 Å². The van der Waals surface area contributed by atoms with Crippen LogP contribution in [0.25, 0.3) is 27.5 Å². The second-order valence-corrected chi connectivity index (χ2v) is 6.29. The van der Waals surface area contributed by atoms with Gasteiger partial charge in [0, 0.05) is 16.3 Å². The van der Waals surface area contributed by atoms with Crippen LogP contribution in [-0.4, -0.2) is 5.11 Å². The summed E-state index contributed by atoms with van der Waals surface area (Å²) in [5, 5.41) is 10.4. The normalized spacial score (nSPS) is 18.6. The van der Waals surface area contributed by atoms with E-state index in [1.54, 1.807) is 18.2 Å². The maximum absolute atomic E-state index is 14.9. The smallest absolute Gasteiger partial charge is 0.207 e. The Hall–Kier alpha value is -2.36. The first-order chi connectivity index (χ1) is 11.1. The van der Waals surface area contributed by atoms with Gasteiger partial charge in [0.15, 0.2) is 22.7 Å². The first-order valence-corrected chi connectivity index (χ1v) is 7.78. The molecule has 1 aliphatic rings. The first-order valence-electron chi connectivity index (χ1n) is 7.78. The molecule has 0 spiro atoms. The Balaban J connectivity index is 1.95. The number of hydrogen-bond acceptors (Lipinski definition) is 2. The van der Waals surface area contributed by atoms with Crippen LogP contribution in [0.3, 0.4) is 0 Å². The number of hydrogen-bond donors (Lipinski definition) is 1. The number of fused-ring (bicyclic) bond motifs is 3. The van der Waals surface area contributed by atoms with E-state index < -0.39 is 17.4 Å². The molecular weight excluding hydrogens is 298 g/mol. The molecule has 4 heteroatoms. The van der Waals surface area contributed by atoms with Crippen molar-refractivity contribution in [1.82, 2.24) is 0 Å². The molecule has 0 saturated heterocycles. The Bertz CT molecular complexity index is 953. The van der Waals surface area contributed by atoms with Crippen molar-refractivity contribution in [3.63, 3.8) is 0 Å². The van der Waals surface area contributed by atoms with Gasteiger partial charge >= 0.3 is 0 Å². The Morgan fingerprint density at radius 3 is 2.43 bits per heavy atom. The molecule has 1 unspecified atom stereocenters. The Kier molecular flexibility index (Phi) is 3.15. The van der Waals surface area contributed by atoms with Crippen LogP contribution in [0.2, 0.25) is 0 Å². The molecule has 2 aromatic carbocycles. The highest BCUT2D eigenvalue weighted by Crippen LogP contribution is 2.38. The van der Waals surface area contributed by atoms with Gasteiger partial charge in [0.25, 0.3) is 0 Å². The second-order valence-electron chi connectivity index (χ2n) is 6.29. The highest BCUT2D eigenvalue weighted by Gasteiger charge is 2.21. The lowest BCUT2D eigenvalue weighted by atomic mass is 9.87. The number of phenols is 1. The lowest BCUT2D eigenvalue weighted by molar-refractivity contribution is 0.430. The maximum atomic E-state index is 14.9. The van der Waals surface area contributed by atoms with Crippen molar-refractivity contribution in [2.75, 3.05) is 0 Å². The lowest BCUT2D eigenvalue weighted by Gasteiger charge is -2.18. The standard InChI is InChI=1S/C19H16F2O2/c1-10-2-4-11(5-3-10)12-6-7-13-14-8-9-15(22)17(21)19(14)23-18(13)16(12)20/h4,6-10,22H,2-3,5H2,1H3. The van der Waals surface area contributed by atoms with Gasteiger partial charge in [0.05, 0.1) is 0 Å². The number of furan rings is 1. The predicted molar refractivity (Wildman–Crippen MR) is 86.3 cm³/mol. The summed E-state index contributed by atoms with van der Waals surface area (Å²) in [5.41, 5.74) is 1.43. The molecule has 1 N–H and O–H groups in total. The van der Waals surface area contributed by atoms with Gasteiger partial charge in [-0.25, -0.2) is 4.39 Å². The van der Waals surface area contributed by atoms with Gasteiger partial charge in [-0.2, -0.15) is 4.39 Å². The molecule has 1 atom stereocenters. The van der Waals surface area contributed by atoms with E-state index >= 15 is 0 Å². The topological polar surface area (TPSA) is 33.4 Å². The van der Waals surface area contributed by atoms with Gasteiger partial charge < -0.3 is 9.52 Å². The van der Waals surface area contributed by atoms with E-state index in [0.717, 1.165) is 24.8 Å². The van der Waals surface area contributed by atoms with E-state index in [9.17, 15) is 13.9 Å². The summed E-state index contributed by atoms with van der Waals surface area (Å²) in [5.74, 6) is -1.20. The van der Waals surface area contributed by atoms with Gasteiger partial charge in [-0.3, -0.25) is 0 Å². The maximum Gasteiger partial charge on any atom is 0.207 e. The minimum atomic E-state index is -0.856. The zero-order valence-electron chi connectivity index (χ0n) is 12.7. The number of allylic oxidation sites excluding steroid dienone is 2. The molecule has 1 aliphatic carbocycles. The van der Waals surface area contributed by atoms with Crippen LogP contribution in [0.4, 0.5) is 8.78 Å². The third-order valence-corrected chi connectivity index (χ3v) is 4.69. The molecule has 0 fully saturated rings. The van der Waals surface area contributed by atoms with E-state index in [-0.39, 0.29) is 11.2 Å². The van der Waals surface area contributed by atoms with Crippen molar-refractivity contribution in [3.05, 3.63) is 47.5 Å². The Labute approximate surface area is 132 Å². The van der Waals surface area contributed by atoms with Crippen molar-refractivity contribution in [1.29, 1.82) is 0 Å². The van der Waals surface area contributed by atoms with Crippen molar-refractivity contribution >= 4 is 27.5 Å². The van der Waals surface area contributed by atoms with Crippen LogP contribution in [-0.2, 0) is 0 Å². The average molecular weight is 314 g/mol. The number of benzene rings is 2. The van der Waals surface area contributed by atoms with Gasteiger partial charge in [-0.05, 0) is 49.0 Å². The molecule has 1 heterocycles. The second kappa shape index (κ2) is 5.08. The summed E-state index contributed by atoms with van der Waals surface area (Å²) >= 11 is 0. The van der Waals surface area contributed by atoms with Crippen LogP contribution in [0.1, 0.15) is 31.7 Å². The fourth-order valence-corrected chi connectivity index (χ4v) is 3.29. The highest BCUT2D eigenvalue weighted by atomic mass is 19.1. The van der Waals surface area contributed by atoms with Crippen LogP contribution in [0.5, 0.6) is 5.75 Å². The third-order valence-electron chi connectivity index (χ3n) is 4.69. The Morgan fingerprint density at radius 2 is 1.74 bits per heavy atom. The summed E-state index contributed by atoms with van der Waals surface area (Å²) in [6.45, 7) is 2.18. The lowest BCUT2D eigenvalue weighted by Crippen LogP contribution is -2.02. The molecule has 0 saturated carbocycles. The molecule has 3 aromatic rings. The number of phenolic OH excluding ortho intramolecular Hbond substituents is 1. The quantitative estimate of drug-likeness (QED) is 0.618. The summed E-state index contributed by atoms with van der Waals surface area (Å²) < 4.78 is 34.3. The van der Waals surface area contributed by atoms with E-state index in [0.29, 0.717) is 22.3 Å². The minimum absolute atomic E-state index is 0.0431.